The summed E-state index contributed by atoms with van der Waals surface area (Å²) in [4.78, 5) is 21.7. The van der Waals surface area contributed by atoms with E-state index < -0.39 is 22.4 Å². The Bertz CT molecular complexity index is 568. The van der Waals surface area contributed by atoms with Gasteiger partial charge in [0.05, 0.1) is 11.8 Å². The van der Waals surface area contributed by atoms with Gasteiger partial charge in [-0.3, -0.25) is 9.52 Å². The van der Waals surface area contributed by atoms with Gasteiger partial charge in [-0.25, -0.2) is 9.52 Å². The molecule has 0 aliphatic heterocycles. The first kappa shape index (κ1) is 15.0. The quantitative estimate of drug-likeness (QED) is 0.794. The Morgan fingerprint density at radius 2 is 2.05 bits per heavy atom. The largest absolute Gasteiger partial charge is 0.446 e. The first-order valence-electron chi connectivity index (χ1n) is 5.39. The summed E-state index contributed by atoms with van der Waals surface area (Å²) in [6.45, 7) is 3.18. The van der Waals surface area contributed by atoms with E-state index in [2.05, 4.69) is 9.46 Å². The summed E-state index contributed by atoms with van der Waals surface area (Å²) in [7, 11) is -4.09. The Labute approximate surface area is 111 Å². The van der Waals surface area contributed by atoms with Crippen molar-refractivity contribution in [3.8, 4) is 0 Å². The molecule has 0 atom stereocenters. The van der Waals surface area contributed by atoms with Crippen LogP contribution in [0.25, 0.3) is 0 Å². The molecule has 2 N–H and O–H groups in total. The maximum atomic E-state index is 11.6. The number of amides is 1. The molecule has 0 aliphatic rings. The molecular formula is C11H14N2O5S. The Morgan fingerprint density at radius 3 is 2.63 bits per heavy atom. The van der Waals surface area contributed by atoms with E-state index >= 15 is 0 Å². The van der Waals surface area contributed by atoms with E-state index in [9.17, 15) is 18.0 Å². The predicted octanol–water partition coefficient (Wildman–Crippen LogP) is 1.29. The third kappa shape index (κ3) is 5.38. The van der Waals surface area contributed by atoms with Crippen LogP contribution in [0.4, 0.5) is 10.5 Å². The van der Waals surface area contributed by atoms with Gasteiger partial charge in [0.15, 0.2) is 0 Å². The van der Waals surface area contributed by atoms with E-state index in [1.54, 1.807) is 18.6 Å². The molecule has 0 heterocycles. The molecule has 19 heavy (non-hydrogen) atoms. The van der Waals surface area contributed by atoms with Crippen molar-refractivity contribution in [3.63, 3.8) is 0 Å². The second-order valence-electron chi connectivity index (χ2n) is 3.90. The van der Waals surface area contributed by atoms with Crippen LogP contribution in [0.15, 0.2) is 24.3 Å². The zero-order valence-electron chi connectivity index (χ0n) is 10.4. The second kappa shape index (κ2) is 6.19. The predicted molar refractivity (Wildman–Crippen MR) is 69.1 cm³/mol. The van der Waals surface area contributed by atoms with Crippen LogP contribution < -0.4 is 9.44 Å². The summed E-state index contributed by atoms with van der Waals surface area (Å²) in [6.07, 6.45) is -0.930. The fourth-order valence-electron chi connectivity index (χ4n) is 1.20. The van der Waals surface area contributed by atoms with E-state index in [4.69, 9.17) is 0 Å². The zero-order valence-corrected chi connectivity index (χ0v) is 11.2. The highest BCUT2D eigenvalue weighted by Crippen LogP contribution is 2.10. The Balaban J connectivity index is 2.73. The monoisotopic (exact) mass is 286 g/mol. The van der Waals surface area contributed by atoms with Crippen LogP contribution >= 0.6 is 0 Å². The average molecular weight is 286 g/mol. The Hall–Kier alpha value is -2.09. The van der Waals surface area contributed by atoms with Crippen LogP contribution in [0.5, 0.6) is 0 Å². The lowest BCUT2D eigenvalue weighted by molar-refractivity contribution is 0.112. The van der Waals surface area contributed by atoms with Gasteiger partial charge in [-0.2, -0.15) is 8.42 Å². The van der Waals surface area contributed by atoms with Crippen molar-refractivity contribution in [1.82, 2.24) is 4.72 Å². The number of aldehydes is 1. The Morgan fingerprint density at radius 1 is 1.37 bits per heavy atom. The number of hydrogen-bond donors (Lipinski definition) is 2. The first-order valence-corrected chi connectivity index (χ1v) is 6.87. The number of anilines is 1. The molecule has 0 spiro atoms. The molecule has 104 valence electrons. The highest BCUT2D eigenvalue weighted by molar-refractivity contribution is 7.91. The third-order valence-corrected chi connectivity index (χ3v) is 2.78. The molecule has 8 heteroatoms. The second-order valence-corrected chi connectivity index (χ2v) is 5.32. The summed E-state index contributed by atoms with van der Waals surface area (Å²) in [5.74, 6) is 0. The smallest absolute Gasteiger partial charge is 0.422 e. The molecule has 0 saturated heterocycles. The minimum atomic E-state index is -4.09. The molecule has 0 bridgehead atoms. The zero-order chi connectivity index (χ0) is 14.5. The number of hydrogen-bond acceptors (Lipinski definition) is 5. The fourth-order valence-corrected chi connectivity index (χ4v) is 1.96. The summed E-state index contributed by atoms with van der Waals surface area (Å²) in [5.41, 5.74) is 0.472. The van der Waals surface area contributed by atoms with E-state index in [0.717, 1.165) is 0 Å². The van der Waals surface area contributed by atoms with E-state index in [0.29, 0.717) is 11.8 Å². The molecule has 0 saturated carbocycles. The van der Waals surface area contributed by atoms with Crippen LogP contribution in [-0.2, 0) is 14.9 Å². The summed E-state index contributed by atoms with van der Waals surface area (Å²) >= 11 is 0. The van der Waals surface area contributed by atoms with Crippen LogP contribution in [0, 0.1) is 0 Å². The Kier molecular flexibility index (Phi) is 4.87. The van der Waals surface area contributed by atoms with Gasteiger partial charge in [-0.15, -0.1) is 0 Å². The van der Waals surface area contributed by atoms with Crippen LogP contribution in [-0.4, -0.2) is 26.9 Å². The molecule has 0 radical (unpaired) electrons. The highest BCUT2D eigenvalue weighted by Gasteiger charge is 2.16. The van der Waals surface area contributed by atoms with Gasteiger partial charge in [0.1, 0.15) is 6.29 Å². The van der Waals surface area contributed by atoms with Crippen LogP contribution in [0.1, 0.15) is 24.2 Å². The van der Waals surface area contributed by atoms with Crippen molar-refractivity contribution < 1.29 is 22.7 Å². The number of carbonyl (C=O) groups excluding carboxylic acids is 2. The molecule has 1 rings (SSSR count). The average Bonchev–Trinajstić information content (AvgIpc) is 2.26. The number of ether oxygens (including phenoxy) is 1. The van der Waals surface area contributed by atoms with Crippen molar-refractivity contribution in [2.45, 2.75) is 20.0 Å². The third-order valence-electron chi connectivity index (χ3n) is 1.84. The van der Waals surface area contributed by atoms with Crippen molar-refractivity contribution >= 4 is 28.3 Å². The number of rotatable bonds is 5. The number of carbonyl (C=O) groups is 2. The topological polar surface area (TPSA) is 102 Å². The maximum absolute atomic E-state index is 11.6. The van der Waals surface area contributed by atoms with Gasteiger partial charge in [-0.1, -0.05) is 12.1 Å². The number of nitrogens with one attached hydrogen (secondary N) is 2. The van der Waals surface area contributed by atoms with Gasteiger partial charge in [-0.05, 0) is 26.0 Å². The standard InChI is InChI=1S/C11H14N2O5S/c1-8(2)18-11(15)13-19(16,17)12-10-5-3-4-9(6-10)7-14/h3-8,12H,1-2H3,(H,13,15). The van der Waals surface area contributed by atoms with Crippen molar-refractivity contribution in [3.05, 3.63) is 29.8 Å². The molecular weight excluding hydrogens is 272 g/mol. The van der Waals surface area contributed by atoms with Crippen LogP contribution in [0.3, 0.4) is 0 Å². The fraction of sp³-hybridized carbons (Fsp3) is 0.273. The molecule has 0 unspecified atom stereocenters. The molecule has 7 nitrogen and oxygen atoms in total. The van der Waals surface area contributed by atoms with Gasteiger partial charge < -0.3 is 4.74 Å². The van der Waals surface area contributed by atoms with Crippen molar-refractivity contribution in [2.75, 3.05) is 4.72 Å². The maximum Gasteiger partial charge on any atom is 0.422 e. The minimum Gasteiger partial charge on any atom is -0.446 e. The lowest BCUT2D eigenvalue weighted by Crippen LogP contribution is -2.36. The molecule has 1 aromatic carbocycles. The highest BCUT2D eigenvalue weighted by atomic mass is 32.2. The molecule has 0 fully saturated rings. The van der Waals surface area contributed by atoms with Crippen molar-refractivity contribution in [1.29, 1.82) is 0 Å². The van der Waals surface area contributed by atoms with Gasteiger partial charge in [0, 0.05) is 5.56 Å². The molecule has 0 aromatic heterocycles. The lowest BCUT2D eigenvalue weighted by atomic mass is 10.2. The molecule has 1 amide bonds. The van der Waals surface area contributed by atoms with Gasteiger partial charge in [0.25, 0.3) is 0 Å². The summed E-state index contributed by atoms with van der Waals surface area (Å²) < 4.78 is 31.6. The number of benzene rings is 1. The van der Waals surface area contributed by atoms with E-state index in [-0.39, 0.29) is 5.69 Å². The summed E-state index contributed by atoms with van der Waals surface area (Å²) in [5, 5.41) is 0. The SMILES string of the molecule is CC(C)OC(=O)NS(=O)(=O)Nc1cccc(C=O)c1. The van der Waals surface area contributed by atoms with Gasteiger partial charge in [0.2, 0.25) is 0 Å². The van der Waals surface area contributed by atoms with Crippen molar-refractivity contribution in [2.24, 2.45) is 0 Å². The summed E-state index contributed by atoms with van der Waals surface area (Å²) in [6, 6.07) is 5.80. The first-order chi connectivity index (χ1) is 8.82. The normalized spacial score (nSPS) is 10.9. The lowest BCUT2D eigenvalue weighted by Gasteiger charge is -2.11. The minimum absolute atomic E-state index is 0.162. The molecule has 0 aliphatic carbocycles. The van der Waals surface area contributed by atoms with Crippen LogP contribution in [0.2, 0.25) is 0 Å². The van der Waals surface area contributed by atoms with E-state index in [1.807, 2.05) is 0 Å². The van der Waals surface area contributed by atoms with E-state index in [1.165, 1.54) is 24.3 Å². The molecule has 1 aromatic rings. The van der Waals surface area contributed by atoms with Gasteiger partial charge >= 0.3 is 16.3 Å².